The molecule has 2 aliphatic heterocycles. The highest BCUT2D eigenvalue weighted by molar-refractivity contribution is 5.95. The zero-order chi connectivity index (χ0) is 26.8. The number of benzene rings is 3. The normalized spacial score (nSPS) is 18.0. The summed E-state index contributed by atoms with van der Waals surface area (Å²) >= 11 is 0. The summed E-state index contributed by atoms with van der Waals surface area (Å²) < 4.78 is 6.24. The third-order valence-corrected chi connectivity index (χ3v) is 8.40. The van der Waals surface area contributed by atoms with Gasteiger partial charge in [0.1, 0.15) is 11.9 Å². The molecule has 0 amide bonds. The van der Waals surface area contributed by atoms with E-state index in [1.54, 1.807) is 0 Å². The number of Topliss-reactive ketones (excluding diaryl/α,β-unsaturated/α-hetero) is 1. The number of H-pyrrole nitrogens is 1. The van der Waals surface area contributed by atoms with Crippen molar-refractivity contribution in [3.05, 3.63) is 83.4 Å². The molecule has 0 spiro atoms. The topological polar surface area (TPSA) is 61.5 Å². The molecular weight excluding hydrogens is 484 g/mol. The molecule has 0 saturated carbocycles. The Balaban J connectivity index is 1.21. The Bertz CT molecular complexity index is 1430. The van der Waals surface area contributed by atoms with Crippen molar-refractivity contribution in [1.29, 1.82) is 0 Å². The van der Waals surface area contributed by atoms with E-state index < -0.39 is 0 Å². The van der Waals surface area contributed by atoms with Crippen LogP contribution in [0.3, 0.4) is 0 Å². The van der Waals surface area contributed by atoms with Crippen LogP contribution in [-0.4, -0.2) is 65.1 Å². The first-order chi connectivity index (χ1) is 19.0. The molecule has 2 aliphatic rings. The number of nitrogens with one attached hydrogen (secondary N) is 1. The summed E-state index contributed by atoms with van der Waals surface area (Å²) in [6.07, 6.45) is 5.11. The molecule has 39 heavy (non-hydrogen) atoms. The number of aryl methyl sites for hydroxylation is 1. The summed E-state index contributed by atoms with van der Waals surface area (Å²) in [5.41, 5.74) is 6.25. The fraction of sp³-hybridized carbons (Fsp3) is 0.394. The number of ketones is 1. The molecular formula is C33H38N4O2. The summed E-state index contributed by atoms with van der Waals surface area (Å²) in [5.74, 6) is 1.16. The molecule has 202 valence electrons. The minimum Gasteiger partial charge on any atom is -0.490 e. The van der Waals surface area contributed by atoms with Crippen molar-refractivity contribution in [3.8, 4) is 17.0 Å². The Labute approximate surface area is 231 Å². The lowest BCUT2D eigenvalue weighted by atomic mass is 9.93. The number of fused-ring (bicyclic) bond motifs is 1. The second kappa shape index (κ2) is 11.3. The number of carbonyl (C=O) groups is 1. The van der Waals surface area contributed by atoms with Crippen molar-refractivity contribution in [2.45, 2.75) is 51.2 Å². The minimum absolute atomic E-state index is 0.190. The van der Waals surface area contributed by atoms with Crippen LogP contribution >= 0.6 is 0 Å². The zero-order valence-electron chi connectivity index (χ0n) is 23.0. The summed E-state index contributed by atoms with van der Waals surface area (Å²) in [5, 5.41) is 8.85. The average Bonchev–Trinajstić information content (AvgIpc) is 3.62. The van der Waals surface area contributed by atoms with Crippen LogP contribution in [0.5, 0.6) is 5.75 Å². The van der Waals surface area contributed by atoms with Crippen LogP contribution in [0, 0.1) is 6.92 Å². The lowest BCUT2D eigenvalue weighted by Crippen LogP contribution is -2.35. The molecule has 0 aliphatic carbocycles. The van der Waals surface area contributed by atoms with Gasteiger partial charge >= 0.3 is 0 Å². The van der Waals surface area contributed by atoms with Gasteiger partial charge in [-0.1, -0.05) is 30.3 Å². The first-order valence-electron chi connectivity index (χ1n) is 14.3. The highest BCUT2D eigenvalue weighted by Gasteiger charge is 2.30. The lowest BCUT2D eigenvalue weighted by Gasteiger charge is -2.29. The van der Waals surface area contributed by atoms with Crippen LogP contribution < -0.4 is 4.74 Å². The third kappa shape index (κ3) is 5.63. The fourth-order valence-electron chi connectivity index (χ4n) is 6.14. The lowest BCUT2D eigenvalue weighted by molar-refractivity contribution is -0.123. The standard InChI is InChI=1S/C33H38N4O2/c1-23-7-3-4-8-28(23)33(37-17-5-6-18-37)31(38)22-24-9-14-30-29(21-24)32(35-34-30)25-10-12-26(13-11-25)39-27-15-19-36(2)20-16-27/h3-4,7-14,21,27,33H,5-6,15-20,22H2,1-2H3,(H,34,35). The largest absolute Gasteiger partial charge is 0.490 e. The van der Waals surface area contributed by atoms with E-state index >= 15 is 0 Å². The van der Waals surface area contributed by atoms with E-state index in [1.165, 1.54) is 5.56 Å². The number of rotatable bonds is 8. The zero-order valence-corrected chi connectivity index (χ0v) is 23.0. The molecule has 1 unspecified atom stereocenters. The van der Waals surface area contributed by atoms with E-state index in [9.17, 15) is 4.79 Å². The second-order valence-electron chi connectivity index (χ2n) is 11.2. The van der Waals surface area contributed by atoms with Crippen LogP contribution in [0.1, 0.15) is 48.4 Å². The van der Waals surface area contributed by atoms with E-state index in [4.69, 9.17) is 4.74 Å². The van der Waals surface area contributed by atoms with Crippen LogP contribution in [-0.2, 0) is 11.2 Å². The first kappa shape index (κ1) is 25.8. The van der Waals surface area contributed by atoms with Crippen LogP contribution in [0.2, 0.25) is 0 Å². The van der Waals surface area contributed by atoms with Crippen LogP contribution in [0.4, 0.5) is 0 Å². The van der Waals surface area contributed by atoms with Gasteiger partial charge in [0.05, 0.1) is 17.3 Å². The van der Waals surface area contributed by atoms with Gasteiger partial charge in [-0.15, -0.1) is 0 Å². The van der Waals surface area contributed by atoms with Crippen molar-refractivity contribution >= 4 is 16.7 Å². The van der Waals surface area contributed by atoms with Gasteiger partial charge in [-0.25, -0.2) is 0 Å². The first-order valence-corrected chi connectivity index (χ1v) is 14.3. The van der Waals surface area contributed by atoms with E-state index in [-0.39, 0.29) is 17.9 Å². The van der Waals surface area contributed by atoms with E-state index in [0.717, 1.165) is 90.9 Å². The molecule has 4 aromatic rings. The minimum atomic E-state index is -0.190. The SMILES string of the molecule is Cc1ccccc1C(C(=O)Cc1ccc2[nH]nc(-c3ccc(OC4CCN(C)CC4)cc3)c2c1)N1CCCC1. The Kier molecular flexibility index (Phi) is 7.49. The molecule has 1 aromatic heterocycles. The monoisotopic (exact) mass is 522 g/mol. The van der Waals surface area contributed by atoms with Gasteiger partial charge in [-0.05, 0) is 106 Å². The summed E-state index contributed by atoms with van der Waals surface area (Å²) in [6, 6.07) is 22.6. The van der Waals surface area contributed by atoms with Crippen molar-refractivity contribution in [3.63, 3.8) is 0 Å². The number of likely N-dealkylation sites (tertiary alicyclic amines) is 2. The number of ether oxygens (including phenoxy) is 1. The van der Waals surface area contributed by atoms with Crippen molar-refractivity contribution in [2.75, 3.05) is 33.2 Å². The van der Waals surface area contributed by atoms with Crippen LogP contribution in [0.25, 0.3) is 22.2 Å². The number of piperidine rings is 1. The van der Waals surface area contributed by atoms with Gasteiger partial charge in [0.15, 0.2) is 5.78 Å². The predicted octanol–water partition coefficient (Wildman–Crippen LogP) is 5.96. The molecule has 0 bridgehead atoms. The molecule has 2 fully saturated rings. The quantitative estimate of drug-likeness (QED) is 0.309. The van der Waals surface area contributed by atoms with Gasteiger partial charge in [0.25, 0.3) is 0 Å². The smallest absolute Gasteiger partial charge is 0.158 e. The van der Waals surface area contributed by atoms with Gasteiger partial charge in [-0.2, -0.15) is 5.10 Å². The maximum atomic E-state index is 13.8. The van der Waals surface area contributed by atoms with E-state index in [2.05, 4.69) is 70.4 Å². The summed E-state index contributed by atoms with van der Waals surface area (Å²) in [6.45, 7) is 6.23. The van der Waals surface area contributed by atoms with Gasteiger partial charge in [-0.3, -0.25) is 14.8 Å². The molecule has 6 nitrogen and oxygen atoms in total. The third-order valence-electron chi connectivity index (χ3n) is 8.40. The molecule has 1 atom stereocenters. The summed E-state index contributed by atoms with van der Waals surface area (Å²) in [7, 11) is 2.16. The molecule has 3 heterocycles. The Hall–Kier alpha value is -3.48. The predicted molar refractivity (Wildman–Crippen MR) is 156 cm³/mol. The maximum Gasteiger partial charge on any atom is 0.158 e. The van der Waals surface area contributed by atoms with Crippen molar-refractivity contribution < 1.29 is 9.53 Å². The van der Waals surface area contributed by atoms with Crippen LogP contribution in [0.15, 0.2) is 66.7 Å². The maximum absolute atomic E-state index is 13.8. The van der Waals surface area contributed by atoms with E-state index in [0.29, 0.717) is 6.42 Å². The Morgan fingerprint density at radius 1 is 1.00 bits per heavy atom. The molecule has 0 radical (unpaired) electrons. The van der Waals surface area contributed by atoms with Gasteiger partial charge in [0, 0.05) is 30.5 Å². The molecule has 6 rings (SSSR count). The molecule has 2 saturated heterocycles. The molecule has 3 aromatic carbocycles. The number of hydrogen-bond donors (Lipinski definition) is 1. The number of nitrogens with zero attached hydrogens (tertiary/aromatic N) is 3. The molecule has 1 N–H and O–H groups in total. The second-order valence-corrected chi connectivity index (χ2v) is 11.2. The Morgan fingerprint density at radius 2 is 1.74 bits per heavy atom. The number of aromatic amines is 1. The van der Waals surface area contributed by atoms with Crippen molar-refractivity contribution in [2.24, 2.45) is 0 Å². The summed E-state index contributed by atoms with van der Waals surface area (Å²) in [4.78, 5) is 18.5. The number of carbonyl (C=O) groups excluding carboxylic acids is 1. The number of aromatic nitrogens is 2. The highest BCUT2D eigenvalue weighted by atomic mass is 16.5. The Morgan fingerprint density at radius 3 is 2.49 bits per heavy atom. The van der Waals surface area contributed by atoms with E-state index in [1.807, 2.05) is 30.3 Å². The van der Waals surface area contributed by atoms with Gasteiger partial charge in [0.2, 0.25) is 0 Å². The van der Waals surface area contributed by atoms with Crippen molar-refractivity contribution in [1.82, 2.24) is 20.0 Å². The number of hydrogen-bond acceptors (Lipinski definition) is 5. The fourth-order valence-corrected chi connectivity index (χ4v) is 6.14. The molecule has 6 heteroatoms. The average molecular weight is 523 g/mol. The highest BCUT2D eigenvalue weighted by Crippen LogP contribution is 2.32. The van der Waals surface area contributed by atoms with Gasteiger partial charge < -0.3 is 9.64 Å².